The van der Waals surface area contributed by atoms with Crippen LogP contribution in [0.3, 0.4) is 0 Å². The molecule has 0 aromatic rings. The number of nitrogens with two attached hydrogens (primary N) is 4. The first-order valence-electron chi connectivity index (χ1n) is 10.3. The van der Waals surface area contributed by atoms with Gasteiger partial charge in [0.15, 0.2) is 5.96 Å². The molecule has 0 aliphatic rings. The highest BCUT2D eigenvalue weighted by Gasteiger charge is 2.28. The molecule has 0 rings (SSSR count). The van der Waals surface area contributed by atoms with Gasteiger partial charge in [-0.3, -0.25) is 29.0 Å². The fourth-order valence-electron chi connectivity index (χ4n) is 2.65. The van der Waals surface area contributed by atoms with E-state index in [4.69, 9.17) is 33.1 Å². The molecule has 0 aromatic heterocycles. The van der Waals surface area contributed by atoms with Crippen LogP contribution in [0, 0.1) is 0 Å². The molecule has 3 amide bonds. The third-order valence-electron chi connectivity index (χ3n) is 4.30. The van der Waals surface area contributed by atoms with Crippen LogP contribution in [0.4, 0.5) is 0 Å². The van der Waals surface area contributed by atoms with Crippen LogP contribution < -0.4 is 38.9 Å². The largest absolute Gasteiger partial charge is 0.481 e. The summed E-state index contributed by atoms with van der Waals surface area (Å²) < 4.78 is 0. The minimum absolute atomic E-state index is 0.0560. The lowest BCUT2D eigenvalue weighted by Gasteiger charge is -2.24. The zero-order valence-corrected chi connectivity index (χ0v) is 18.3. The summed E-state index contributed by atoms with van der Waals surface area (Å²) in [5.41, 5.74) is 21.5. The van der Waals surface area contributed by atoms with E-state index in [1.807, 2.05) is 0 Å². The molecule has 15 heteroatoms. The molecule has 3 unspecified atom stereocenters. The molecule has 0 aliphatic heterocycles. The van der Waals surface area contributed by atoms with Gasteiger partial charge in [0.1, 0.15) is 18.6 Å². The zero-order valence-electron chi connectivity index (χ0n) is 18.3. The van der Waals surface area contributed by atoms with Gasteiger partial charge in [-0.25, -0.2) is 0 Å². The first-order valence-corrected chi connectivity index (χ1v) is 10.3. The lowest BCUT2D eigenvalue weighted by atomic mass is 10.1. The average Bonchev–Trinajstić information content (AvgIpc) is 2.72. The van der Waals surface area contributed by atoms with Gasteiger partial charge in [-0.15, -0.1) is 0 Å². The molecule has 0 aromatic carbocycles. The summed E-state index contributed by atoms with van der Waals surface area (Å²) in [6, 6.07) is -3.64. The molecular weight excluding hydrogens is 440 g/mol. The normalized spacial score (nSPS) is 13.2. The second-order valence-electron chi connectivity index (χ2n) is 7.17. The van der Waals surface area contributed by atoms with Crippen LogP contribution in [0.2, 0.25) is 0 Å². The highest BCUT2D eigenvalue weighted by molar-refractivity contribution is 5.94. The lowest BCUT2D eigenvalue weighted by Crippen LogP contribution is -2.56. The van der Waals surface area contributed by atoms with E-state index in [0.717, 1.165) is 0 Å². The number of aliphatic carboxylic acids is 2. The van der Waals surface area contributed by atoms with Crippen molar-refractivity contribution in [2.24, 2.45) is 27.9 Å². The van der Waals surface area contributed by atoms with Crippen molar-refractivity contribution in [2.75, 3.05) is 19.6 Å². The van der Waals surface area contributed by atoms with Gasteiger partial charge in [0.05, 0.1) is 12.5 Å². The number of carbonyl (C=O) groups is 5. The van der Waals surface area contributed by atoms with Gasteiger partial charge in [-0.05, 0) is 38.6 Å². The Morgan fingerprint density at radius 3 is 1.94 bits per heavy atom. The van der Waals surface area contributed by atoms with Gasteiger partial charge in [0.25, 0.3) is 0 Å². The fourth-order valence-corrected chi connectivity index (χ4v) is 2.65. The molecule has 188 valence electrons. The molecule has 0 saturated heterocycles. The van der Waals surface area contributed by atoms with Gasteiger partial charge in [-0.2, -0.15) is 0 Å². The van der Waals surface area contributed by atoms with Crippen molar-refractivity contribution in [1.29, 1.82) is 0 Å². The molecule has 33 heavy (non-hydrogen) atoms. The number of carboxylic acids is 2. The predicted molar refractivity (Wildman–Crippen MR) is 118 cm³/mol. The topological polar surface area (TPSA) is 278 Å². The highest BCUT2D eigenvalue weighted by atomic mass is 16.4. The Bertz CT molecular complexity index is 712. The van der Waals surface area contributed by atoms with Crippen LogP contribution in [0.25, 0.3) is 0 Å². The molecule has 15 nitrogen and oxygen atoms in total. The van der Waals surface area contributed by atoms with Gasteiger partial charge >= 0.3 is 11.9 Å². The maximum atomic E-state index is 12.8. The molecule has 0 fully saturated rings. The van der Waals surface area contributed by atoms with Gasteiger partial charge in [0, 0.05) is 6.54 Å². The van der Waals surface area contributed by atoms with Crippen molar-refractivity contribution >= 4 is 35.6 Å². The van der Waals surface area contributed by atoms with Crippen molar-refractivity contribution in [3.8, 4) is 0 Å². The summed E-state index contributed by atoms with van der Waals surface area (Å²) in [5, 5.41) is 24.6. The number of guanidine groups is 1. The molecule has 13 N–H and O–H groups in total. The van der Waals surface area contributed by atoms with E-state index in [0.29, 0.717) is 19.4 Å². The van der Waals surface area contributed by atoms with Crippen molar-refractivity contribution in [1.82, 2.24) is 16.0 Å². The summed E-state index contributed by atoms with van der Waals surface area (Å²) in [6.45, 7) is -0.116. The Morgan fingerprint density at radius 2 is 1.39 bits per heavy atom. The summed E-state index contributed by atoms with van der Waals surface area (Å²) >= 11 is 0. The van der Waals surface area contributed by atoms with Crippen LogP contribution in [0.5, 0.6) is 0 Å². The van der Waals surface area contributed by atoms with E-state index in [-0.39, 0.29) is 31.8 Å². The maximum absolute atomic E-state index is 12.8. The number of amides is 3. The van der Waals surface area contributed by atoms with E-state index in [9.17, 15) is 24.0 Å². The average molecular weight is 475 g/mol. The summed E-state index contributed by atoms with van der Waals surface area (Å²) in [5.74, 6) is -5.02. The van der Waals surface area contributed by atoms with Crippen molar-refractivity contribution in [3.05, 3.63) is 0 Å². The number of hydrogen-bond donors (Lipinski definition) is 9. The molecule has 0 saturated carbocycles. The Balaban J connectivity index is 5.36. The second-order valence-corrected chi connectivity index (χ2v) is 7.17. The van der Waals surface area contributed by atoms with E-state index in [1.54, 1.807) is 0 Å². The Kier molecular flexibility index (Phi) is 14.5. The quantitative estimate of drug-likeness (QED) is 0.0558. The summed E-state index contributed by atoms with van der Waals surface area (Å²) in [7, 11) is 0. The first-order chi connectivity index (χ1) is 15.5. The minimum Gasteiger partial charge on any atom is -0.481 e. The zero-order chi connectivity index (χ0) is 25.4. The standard InChI is InChI=1S/C18H34N8O7/c19-6-2-1-4-11(16(32)24-9-14(29)30)26-17(33)12(5-3-7-23-18(21)22)25-15(31)10(20)8-13(27)28/h10-12H,1-9,19-20H2,(H,24,32)(H,25,31)(H,26,33)(H,27,28)(H,29,30)(H4,21,22,23). The van der Waals surface area contributed by atoms with Crippen molar-refractivity contribution in [2.45, 2.75) is 56.7 Å². The minimum atomic E-state index is -1.39. The summed E-state index contributed by atoms with van der Waals surface area (Å²) in [6.07, 6.45) is 0.914. The van der Waals surface area contributed by atoms with Crippen LogP contribution >= 0.6 is 0 Å². The van der Waals surface area contributed by atoms with Gasteiger partial charge in [-0.1, -0.05) is 0 Å². The van der Waals surface area contributed by atoms with Gasteiger partial charge < -0.3 is 49.1 Å². The fraction of sp³-hybridized carbons (Fsp3) is 0.667. The lowest BCUT2D eigenvalue weighted by molar-refractivity contribution is -0.140. The Labute approximate surface area is 190 Å². The molecule has 3 atom stereocenters. The monoisotopic (exact) mass is 474 g/mol. The van der Waals surface area contributed by atoms with E-state index >= 15 is 0 Å². The van der Waals surface area contributed by atoms with Crippen molar-refractivity contribution in [3.63, 3.8) is 0 Å². The second kappa shape index (κ2) is 16.2. The predicted octanol–water partition coefficient (Wildman–Crippen LogP) is -3.86. The number of carboxylic acid groups (broad SMARTS) is 2. The maximum Gasteiger partial charge on any atom is 0.322 e. The number of aliphatic imine (C=N–C) groups is 1. The number of nitrogens with zero attached hydrogens (tertiary/aromatic N) is 1. The number of nitrogens with one attached hydrogen (secondary N) is 3. The van der Waals surface area contributed by atoms with Crippen LogP contribution in [0.1, 0.15) is 38.5 Å². The van der Waals surface area contributed by atoms with Crippen molar-refractivity contribution < 1.29 is 34.2 Å². The third kappa shape index (κ3) is 14.3. The molecule has 0 aliphatic carbocycles. The smallest absolute Gasteiger partial charge is 0.322 e. The number of rotatable bonds is 17. The van der Waals surface area contributed by atoms with Crippen LogP contribution in [0.15, 0.2) is 4.99 Å². The number of hydrogen-bond acceptors (Lipinski definition) is 8. The Morgan fingerprint density at radius 1 is 0.818 bits per heavy atom. The SMILES string of the molecule is NCCCCC(NC(=O)C(CCCN=C(N)N)NC(=O)C(N)CC(=O)O)C(=O)NCC(=O)O. The van der Waals surface area contributed by atoms with Crippen LogP contribution in [-0.4, -0.2) is 83.6 Å². The molecular formula is C18H34N8O7. The van der Waals surface area contributed by atoms with E-state index < -0.39 is 60.8 Å². The van der Waals surface area contributed by atoms with Crippen LogP contribution in [-0.2, 0) is 24.0 Å². The molecule has 0 spiro atoms. The van der Waals surface area contributed by atoms with E-state index in [2.05, 4.69) is 20.9 Å². The van der Waals surface area contributed by atoms with E-state index in [1.165, 1.54) is 0 Å². The number of carbonyl (C=O) groups excluding carboxylic acids is 3. The molecule has 0 heterocycles. The molecule has 0 bridgehead atoms. The Hall–Kier alpha value is -3.46. The third-order valence-corrected chi connectivity index (χ3v) is 4.30. The first kappa shape index (κ1) is 29.5. The number of unbranched alkanes of at least 4 members (excludes halogenated alkanes) is 1. The summed E-state index contributed by atoms with van der Waals surface area (Å²) in [4.78, 5) is 62.7. The molecule has 0 radical (unpaired) electrons. The highest BCUT2D eigenvalue weighted by Crippen LogP contribution is 2.05. The van der Waals surface area contributed by atoms with Gasteiger partial charge in [0.2, 0.25) is 17.7 Å².